The number of likely N-dealkylation sites (tertiary alicyclic amines) is 1. The molecular formula is C13H14BrF2NO. The monoisotopic (exact) mass is 317 g/mol. The summed E-state index contributed by atoms with van der Waals surface area (Å²) in [5, 5.41) is 0. The minimum absolute atomic E-state index is 0.0311. The highest BCUT2D eigenvalue weighted by molar-refractivity contribution is 9.10. The Balaban J connectivity index is 2.25. The Morgan fingerprint density at radius 2 is 2.11 bits per heavy atom. The molecule has 1 heterocycles. The fourth-order valence-electron chi connectivity index (χ4n) is 2.23. The van der Waals surface area contributed by atoms with E-state index in [1.54, 1.807) is 4.90 Å². The molecule has 0 saturated carbocycles. The first-order chi connectivity index (χ1) is 8.49. The van der Waals surface area contributed by atoms with Gasteiger partial charge in [-0.05, 0) is 46.8 Å². The van der Waals surface area contributed by atoms with Crippen LogP contribution < -0.4 is 0 Å². The number of halogens is 3. The van der Waals surface area contributed by atoms with Crippen molar-refractivity contribution in [3.8, 4) is 0 Å². The maximum Gasteiger partial charge on any atom is 0.256 e. The Hall–Kier alpha value is -0.970. The zero-order valence-electron chi connectivity index (χ0n) is 10.0. The van der Waals surface area contributed by atoms with Crippen molar-refractivity contribution in [1.29, 1.82) is 0 Å². The number of carbonyl (C=O) groups is 1. The lowest BCUT2D eigenvalue weighted by molar-refractivity contribution is 0.0677. The van der Waals surface area contributed by atoms with Gasteiger partial charge in [0, 0.05) is 13.1 Å². The van der Waals surface area contributed by atoms with Crippen molar-refractivity contribution >= 4 is 21.8 Å². The third-order valence-corrected chi connectivity index (χ3v) is 3.79. The van der Waals surface area contributed by atoms with Gasteiger partial charge in [-0.2, -0.15) is 0 Å². The molecule has 0 aromatic heterocycles. The first-order valence-electron chi connectivity index (χ1n) is 5.93. The lowest BCUT2D eigenvalue weighted by atomic mass is 9.99. The number of carbonyl (C=O) groups excluding carboxylic acids is 1. The van der Waals surface area contributed by atoms with Crippen LogP contribution in [0.25, 0.3) is 0 Å². The molecule has 18 heavy (non-hydrogen) atoms. The zero-order valence-corrected chi connectivity index (χ0v) is 11.6. The van der Waals surface area contributed by atoms with Gasteiger partial charge in [-0.1, -0.05) is 6.92 Å². The van der Waals surface area contributed by atoms with Crippen LogP contribution in [0.4, 0.5) is 8.78 Å². The summed E-state index contributed by atoms with van der Waals surface area (Å²) < 4.78 is 27.1. The second-order valence-electron chi connectivity index (χ2n) is 4.74. The molecule has 1 aliphatic rings. The quantitative estimate of drug-likeness (QED) is 0.725. The van der Waals surface area contributed by atoms with E-state index in [9.17, 15) is 13.6 Å². The van der Waals surface area contributed by atoms with Crippen LogP contribution in [0.2, 0.25) is 0 Å². The Labute approximate surface area is 113 Å². The van der Waals surface area contributed by atoms with E-state index in [2.05, 4.69) is 22.9 Å². The first kappa shape index (κ1) is 13.5. The molecule has 2 rings (SSSR count). The largest absolute Gasteiger partial charge is 0.338 e. The summed E-state index contributed by atoms with van der Waals surface area (Å²) in [5.74, 6) is -1.33. The van der Waals surface area contributed by atoms with Crippen LogP contribution in [0.5, 0.6) is 0 Å². The molecule has 1 fully saturated rings. The number of benzene rings is 1. The molecule has 1 aromatic rings. The standard InChI is InChI=1S/C13H14BrF2NO/c1-8-3-2-4-17(7-8)13(18)9-5-12(16)10(14)6-11(9)15/h5-6,8H,2-4,7H2,1H3. The van der Waals surface area contributed by atoms with Crippen molar-refractivity contribution in [3.63, 3.8) is 0 Å². The Morgan fingerprint density at radius 3 is 2.78 bits per heavy atom. The summed E-state index contributed by atoms with van der Waals surface area (Å²) in [6.45, 7) is 3.27. The van der Waals surface area contributed by atoms with Gasteiger partial charge in [-0.3, -0.25) is 4.79 Å². The van der Waals surface area contributed by atoms with Gasteiger partial charge in [0.2, 0.25) is 0 Å². The molecule has 98 valence electrons. The van der Waals surface area contributed by atoms with Gasteiger partial charge in [0.15, 0.2) is 0 Å². The van der Waals surface area contributed by atoms with Crippen molar-refractivity contribution in [2.24, 2.45) is 5.92 Å². The van der Waals surface area contributed by atoms with Gasteiger partial charge in [0.1, 0.15) is 11.6 Å². The minimum atomic E-state index is -0.688. The van der Waals surface area contributed by atoms with Gasteiger partial charge in [-0.25, -0.2) is 8.78 Å². The van der Waals surface area contributed by atoms with E-state index >= 15 is 0 Å². The summed E-state index contributed by atoms with van der Waals surface area (Å²) in [6.07, 6.45) is 1.98. The fourth-order valence-corrected chi connectivity index (χ4v) is 2.55. The molecular weight excluding hydrogens is 304 g/mol. The lowest BCUT2D eigenvalue weighted by Crippen LogP contribution is -2.39. The van der Waals surface area contributed by atoms with Crippen LogP contribution >= 0.6 is 15.9 Å². The topological polar surface area (TPSA) is 20.3 Å². The van der Waals surface area contributed by atoms with Crippen LogP contribution in [0.1, 0.15) is 30.1 Å². The second-order valence-corrected chi connectivity index (χ2v) is 5.60. The summed E-state index contributed by atoms with van der Waals surface area (Å²) in [4.78, 5) is 13.7. The average molecular weight is 318 g/mol. The third-order valence-electron chi connectivity index (χ3n) is 3.18. The molecule has 1 aromatic carbocycles. The fraction of sp³-hybridized carbons (Fsp3) is 0.462. The Morgan fingerprint density at radius 1 is 1.39 bits per heavy atom. The van der Waals surface area contributed by atoms with Crippen LogP contribution in [-0.2, 0) is 0 Å². The van der Waals surface area contributed by atoms with E-state index in [1.165, 1.54) is 0 Å². The highest BCUT2D eigenvalue weighted by Gasteiger charge is 2.25. The van der Waals surface area contributed by atoms with Gasteiger partial charge in [0.05, 0.1) is 10.0 Å². The average Bonchev–Trinajstić information content (AvgIpc) is 2.33. The van der Waals surface area contributed by atoms with Gasteiger partial charge in [0.25, 0.3) is 5.91 Å². The summed E-state index contributed by atoms with van der Waals surface area (Å²) >= 11 is 2.89. The number of rotatable bonds is 1. The molecule has 0 radical (unpaired) electrons. The van der Waals surface area contributed by atoms with Crippen molar-refractivity contribution in [2.45, 2.75) is 19.8 Å². The van der Waals surface area contributed by atoms with Crippen molar-refractivity contribution in [3.05, 3.63) is 33.8 Å². The molecule has 0 N–H and O–H groups in total. The molecule has 0 aliphatic carbocycles. The number of hydrogen-bond acceptors (Lipinski definition) is 1. The van der Waals surface area contributed by atoms with E-state index in [0.29, 0.717) is 19.0 Å². The van der Waals surface area contributed by atoms with E-state index in [-0.39, 0.29) is 10.0 Å². The number of amides is 1. The molecule has 1 atom stereocenters. The number of hydrogen-bond donors (Lipinski definition) is 0. The Kier molecular flexibility index (Phi) is 4.00. The predicted octanol–water partition coefficient (Wildman–Crippen LogP) is 3.60. The van der Waals surface area contributed by atoms with Crippen LogP contribution in [0, 0.1) is 17.6 Å². The van der Waals surface area contributed by atoms with E-state index < -0.39 is 17.5 Å². The van der Waals surface area contributed by atoms with Crippen molar-refractivity contribution in [1.82, 2.24) is 4.90 Å². The molecule has 5 heteroatoms. The molecule has 0 bridgehead atoms. The highest BCUT2D eigenvalue weighted by Crippen LogP contribution is 2.23. The molecule has 1 amide bonds. The Bertz CT molecular complexity index is 478. The lowest BCUT2D eigenvalue weighted by Gasteiger charge is -2.31. The van der Waals surface area contributed by atoms with Crippen LogP contribution in [0.3, 0.4) is 0 Å². The summed E-state index contributed by atoms with van der Waals surface area (Å²) in [5.41, 5.74) is -0.190. The van der Waals surface area contributed by atoms with Crippen molar-refractivity contribution < 1.29 is 13.6 Å². The number of piperidine rings is 1. The predicted molar refractivity (Wildman–Crippen MR) is 68.4 cm³/mol. The molecule has 1 saturated heterocycles. The number of nitrogens with zero attached hydrogens (tertiary/aromatic N) is 1. The van der Waals surface area contributed by atoms with Gasteiger partial charge in [-0.15, -0.1) is 0 Å². The normalized spacial score (nSPS) is 20.0. The smallest absolute Gasteiger partial charge is 0.256 e. The van der Waals surface area contributed by atoms with E-state index in [0.717, 1.165) is 25.0 Å². The molecule has 0 spiro atoms. The van der Waals surface area contributed by atoms with Crippen LogP contribution in [-0.4, -0.2) is 23.9 Å². The zero-order chi connectivity index (χ0) is 13.3. The van der Waals surface area contributed by atoms with E-state index in [4.69, 9.17) is 0 Å². The highest BCUT2D eigenvalue weighted by atomic mass is 79.9. The minimum Gasteiger partial charge on any atom is -0.338 e. The summed E-state index contributed by atoms with van der Waals surface area (Å²) in [6, 6.07) is 1.96. The third kappa shape index (κ3) is 2.71. The second kappa shape index (κ2) is 5.34. The van der Waals surface area contributed by atoms with E-state index in [1.807, 2.05) is 0 Å². The van der Waals surface area contributed by atoms with Gasteiger partial charge < -0.3 is 4.90 Å². The summed E-state index contributed by atoms with van der Waals surface area (Å²) in [7, 11) is 0. The van der Waals surface area contributed by atoms with Crippen molar-refractivity contribution in [2.75, 3.05) is 13.1 Å². The SMILES string of the molecule is CC1CCCN(C(=O)c2cc(F)c(Br)cc2F)C1. The van der Waals surface area contributed by atoms with Crippen LogP contribution in [0.15, 0.2) is 16.6 Å². The van der Waals surface area contributed by atoms with Gasteiger partial charge >= 0.3 is 0 Å². The maximum atomic E-state index is 13.7. The molecule has 1 aliphatic heterocycles. The maximum absolute atomic E-state index is 13.7. The molecule has 1 unspecified atom stereocenters. The first-order valence-corrected chi connectivity index (χ1v) is 6.72. The molecule has 2 nitrogen and oxygen atoms in total.